The van der Waals surface area contributed by atoms with Gasteiger partial charge in [0.25, 0.3) is 0 Å². The van der Waals surface area contributed by atoms with Crippen LogP contribution >= 0.6 is 0 Å². The summed E-state index contributed by atoms with van der Waals surface area (Å²) in [6.45, 7) is 5.39. The van der Waals surface area contributed by atoms with Crippen molar-refractivity contribution < 1.29 is 4.39 Å². The van der Waals surface area contributed by atoms with Gasteiger partial charge in [-0.05, 0) is 25.3 Å². The lowest BCUT2D eigenvalue weighted by molar-refractivity contribution is 0.486. The Morgan fingerprint density at radius 1 is 1.60 bits per heavy atom. The molecule has 0 bridgehead atoms. The van der Waals surface area contributed by atoms with E-state index in [0.717, 1.165) is 12.8 Å². The van der Waals surface area contributed by atoms with E-state index in [2.05, 4.69) is 12.0 Å². The van der Waals surface area contributed by atoms with Crippen molar-refractivity contribution in [1.29, 1.82) is 0 Å². The molecule has 2 nitrogen and oxygen atoms in total. The molecule has 1 aromatic rings. The van der Waals surface area contributed by atoms with Crippen LogP contribution in [0.4, 0.5) is 4.39 Å². The van der Waals surface area contributed by atoms with Crippen LogP contribution in [0.3, 0.4) is 0 Å². The number of hydrogen-bond acceptors (Lipinski definition) is 2. The summed E-state index contributed by atoms with van der Waals surface area (Å²) in [5.41, 5.74) is 3.90. The molecule has 0 fully saturated rings. The quantitative estimate of drug-likeness (QED) is 0.443. The standard InChI is InChI=1S/C12H17FN2/c1-3-4-8-11(15-14)10-7-5-6-9(2)12(10)13/h3,5-7,11,15H,1,4,8,14H2,2H3. The number of nitrogens with one attached hydrogen (secondary N) is 1. The Kier molecular flexibility index (Phi) is 4.46. The van der Waals surface area contributed by atoms with E-state index in [0.29, 0.717) is 11.1 Å². The van der Waals surface area contributed by atoms with Gasteiger partial charge in [-0.15, -0.1) is 6.58 Å². The van der Waals surface area contributed by atoms with Crippen molar-refractivity contribution in [1.82, 2.24) is 5.43 Å². The second kappa shape index (κ2) is 5.63. The van der Waals surface area contributed by atoms with Crippen LogP contribution in [-0.2, 0) is 0 Å². The van der Waals surface area contributed by atoms with E-state index in [4.69, 9.17) is 5.84 Å². The summed E-state index contributed by atoms with van der Waals surface area (Å²) in [7, 11) is 0. The molecule has 0 spiro atoms. The monoisotopic (exact) mass is 208 g/mol. The fraction of sp³-hybridized carbons (Fsp3) is 0.333. The Morgan fingerprint density at radius 2 is 2.33 bits per heavy atom. The van der Waals surface area contributed by atoms with Crippen LogP contribution in [0.15, 0.2) is 30.9 Å². The maximum Gasteiger partial charge on any atom is 0.130 e. The van der Waals surface area contributed by atoms with Gasteiger partial charge < -0.3 is 0 Å². The van der Waals surface area contributed by atoms with Crippen LogP contribution in [0.1, 0.15) is 30.0 Å². The maximum absolute atomic E-state index is 13.7. The maximum atomic E-state index is 13.7. The number of aryl methyl sites for hydroxylation is 1. The van der Waals surface area contributed by atoms with E-state index >= 15 is 0 Å². The van der Waals surface area contributed by atoms with Crippen LogP contribution < -0.4 is 11.3 Å². The van der Waals surface area contributed by atoms with Crippen LogP contribution in [0.25, 0.3) is 0 Å². The highest BCUT2D eigenvalue weighted by atomic mass is 19.1. The molecule has 0 aromatic heterocycles. The number of hydrogen-bond donors (Lipinski definition) is 2. The first kappa shape index (κ1) is 11.9. The van der Waals surface area contributed by atoms with E-state index in [1.165, 1.54) is 0 Å². The summed E-state index contributed by atoms with van der Waals surface area (Å²) < 4.78 is 13.7. The molecule has 1 rings (SSSR count). The molecule has 0 saturated carbocycles. The minimum absolute atomic E-state index is 0.150. The summed E-state index contributed by atoms with van der Waals surface area (Å²) in [5.74, 6) is 5.24. The van der Waals surface area contributed by atoms with Gasteiger partial charge in [-0.3, -0.25) is 11.3 Å². The largest absolute Gasteiger partial charge is 0.271 e. The molecule has 0 aliphatic rings. The molecule has 0 saturated heterocycles. The Labute approximate surface area is 90.0 Å². The van der Waals surface area contributed by atoms with Crippen molar-refractivity contribution in [2.75, 3.05) is 0 Å². The van der Waals surface area contributed by atoms with Gasteiger partial charge in [-0.1, -0.05) is 24.3 Å². The third-order valence-corrected chi connectivity index (χ3v) is 2.46. The highest BCUT2D eigenvalue weighted by molar-refractivity contribution is 5.27. The zero-order chi connectivity index (χ0) is 11.3. The van der Waals surface area contributed by atoms with Gasteiger partial charge in [0.15, 0.2) is 0 Å². The third-order valence-electron chi connectivity index (χ3n) is 2.46. The molecule has 82 valence electrons. The fourth-order valence-electron chi connectivity index (χ4n) is 1.55. The van der Waals surface area contributed by atoms with Crippen LogP contribution in [0, 0.1) is 12.7 Å². The molecular weight excluding hydrogens is 191 g/mol. The Bertz CT molecular complexity index is 336. The zero-order valence-corrected chi connectivity index (χ0v) is 8.96. The van der Waals surface area contributed by atoms with Crippen molar-refractivity contribution in [3.05, 3.63) is 47.8 Å². The first-order valence-electron chi connectivity index (χ1n) is 5.02. The second-order valence-electron chi connectivity index (χ2n) is 3.56. The molecule has 0 radical (unpaired) electrons. The molecule has 1 atom stereocenters. The first-order valence-corrected chi connectivity index (χ1v) is 5.02. The van der Waals surface area contributed by atoms with Gasteiger partial charge in [0.1, 0.15) is 5.82 Å². The van der Waals surface area contributed by atoms with Gasteiger partial charge in [-0.25, -0.2) is 4.39 Å². The smallest absolute Gasteiger partial charge is 0.130 e. The predicted octanol–water partition coefficient (Wildman–Crippen LogP) is 2.60. The molecule has 0 aliphatic heterocycles. The van der Waals surface area contributed by atoms with Crippen molar-refractivity contribution in [2.45, 2.75) is 25.8 Å². The van der Waals surface area contributed by atoms with E-state index < -0.39 is 0 Å². The summed E-state index contributed by atoms with van der Waals surface area (Å²) in [6.07, 6.45) is 3.36. The Hall–Kier alpha value is -1.19. The fourth-order valence-corrected chi connectivity index (χ4v) is 1.55. The topological polar surface area (TPSA) is 38.0 Å². The van der Waals surface area contributed by atoms with Crippen LogP contribution in [-0.4, -0.2) is 0 Å². The molecule has 3 N–H and O–H groups in total. The highest BCUT2D eigenvalue weighted by Crippen LogP contribution is 2.22. The molecule has 0 aliphatic carbocycles. The zero-order valence-electron chi connectivity index (χ0n) is 8.96. The number of allylic oxidation sites excluding steroid dienone is 1. The molecule has 0 amide bonds. The lowest BCUT2D eigenvalue weighted by atomic mass is 10.00. The number of nitrogens with two attached hydrogens (primary N) is 1. The number of halogens is 1. The van der Waals surface area contributed by atoms with Crippen LogP contribution in [0.2, 0.25) is 0 Å². The van der Waals surface area contributed by atoms with Crippen LogP contribution in [0.5, 0.6) is 0 Å². The second-order valence-corrected chi connectivity index (χ2v) is 3.56. The molecule has 3 heteroatoms. The summed E-state index contributed by atoms with van der Waals surface area (Å²) in [5, 5.41) is 0. The van der Waals surface area contributed by atoms with Gasteiger partial charge in [-0.2, -0.15) is 0 Å². The minimum Gasteiger partial charge on any atom is -0.271 e. The summed E-state index contributed by atoms with van der Waals surface area (Å²) in [6, 6.07) is 5.20. The average Bonchev–Trinajstić information content (AvgIpc) is 2.25. The van der Waals surface area contributed by atoms with E-state index in [1.807, 2.05) is 6.07 Å². The van der Waals surface area contributed by atoms with Crippen molar-refractivity contribution in [3.8, 4) is 0 Å². The van der Waals surface area contributed by atoms with Crippen molar-refractivity contribution >= 4 is 0 Å². The predicted molar refractivity (Wildman–Crippen MR) is 60.6 cm³/mol. The third kappa shape index (κ3) is 2.88. The Morgan fingerprint density at radius 3 is 2.93 bits per heavy atom. The molecule has 0 heterocycles. The van der Waals surface area contributed by atoms with Gasteiger partial charge in [0, 0.05) is 11.6 Å². The molecule has 15 heavy (non-hydrogen) atoms. The van der Waals surface area contributed by atoms with Gasteiger partial charge >= 0.3 is 0 Å². The van der Waals surface area contributed by atoms with Gasteiger partial charge in [0.2, 0.25) is 0 Å². The lowest BCUT2D eigenvalue weighted by Gasteiger charge is -2.16. The molecule has 1 unspecified atom stereocenters. The summed E-state index contributed by atoms with van der Waals surface area (Å²) >= 11 is 0. The molecular formula is C12H17FN2. The van der Waals surface area contributed by atoms with Crippen molar-refractivity contribution in [3.63, 3.8) is 0 Å². The van der Waals surface area contributed by atoms with E-state index in [1.54, 1.807) is 25.1 Å². The number of benzene rings is 1. The molecule has 1 aromatic carbocycles. The average molecular weight is 208 g/mol. The Balaban J connectivity index is 2.90. The SMILES string of the molecule is C=CCCC(NN)c1cccc(C)c1F. The normalized spacial score (nSPS) is 12.5. The number of rotatable bonds is 5. The van der Waals surface area contributed by atoms with E-state index in [9.17, 15) is 4.39 Å². The minimum atomic E-state index is -0.176. The van der Waals surface area contributed by atoms with Crippen molar-refractivity contribution in [2.24, 2.45) is 5.84 Å². The number of hydrazine groups is 1. The van der Waals surface area contributed by atoms with E-state index in [-0.39, 0.29) is 11.9 Å². The van der Waals surface area contributed by atoms with Gasteiger partial charge in [0.05, 0.1) is 0 Å². The summed E-state index contributed by atoms with van der Waals surface area (Å²) in [4.78, 5) is 0. The lowest BCUT2D eigenvalue weighted by Crippen LogP contribution is -2.28. The first-order chi connectivity index (χ1) is 7.20. The highest BCUT2D eigenvalue weighted by Gasteiger charge is 2.14.